The summed E-state index contributed by atoms with van der Waals surface area (Å²) in [7, 11) is 3.44. The number of aryl methyl sites for hydroxylation is 1. The number of methoxy groups -OCH3 is 2. The van der Waals surface area contributed by atoms with Crippen molar-refractivity contribution in [2.24, 2.45) is 5.73 Å². The van der Waals surface area contributed by atoms with Gasteiger partial charge in [0.2, 0.25) is 0 Å². The van der Waals surface area contributed by atoms with Gasteiger partial charge in [-0.05, 0) is 50.8 Å². The molecule has 1 saturated carbocycles. The van der Waals surface area contributed by atoms with Crippen molar-refractivity contribution in [1.29, 1.82) is 0 Å². The van der Waals surface area contributed by atoms with Crippen LogP contribution >= 0.6 is 0 Å². The maximum atomic E-state index is 6.20. The lowest BCUT2D eigenvalue weighted by Crippen LogP contribution is -2.32. The molecule has 2 rings (SSSR count). The molecular formula is C15H23NO2. The first-order chi connectivity index (χ1) is 8.47. The van der Waals surface area contributed by atoms with E-state index in [1.165, 1.54) is 5.56 Å². The third-order valence-electron chi connectivity index (χ3n) is 4.26. The van der Waals surface area contributed by atoms with E-state index < -0.39 is 0 Å². The fourth-order valence-corrected chi connectivity index (χ4v) is 3.00. The molecule has 18 heavy (non-hydrogen) atoms. The summed E-state index contributed by atoms with van der Waals surface area (Å²) in [4.78, 5) is 0. The fourth-order valence-electron chi connectivity index (χ4n) is 3.00. The zero-order chi connectivity index (χ0) is 13.5. The first-order valence-electron chi connectivity index (χ1n) is 6.46. The third-order valence-corrected chi connectivity index (χ3v) is 4.26. The topological polar surface area (TPSA) is 44.5 Å². The van der Waals surface area contributed by atoms with Gasteiger partial charge in [-0.25, -0.2) is 0 Å². The minimum Gasteiger partial charge on any atom is -0.496 e. The Morgan fingerprint density at radius 2 is 1.83 bits per heavy atom. The smallest absolute Gasteiger partial charge is 0.126 e. The van der Waals surface area contributed by atoms with Crippen LogP contribution in [-0.4, -0.2) is 20.3 Å². The van der Waals surface area contributed by atoms with Crippen molar-refractivity contribution in [3.05, 3.63) is 22.8 Å². The van der Waals surface area contributed by atoms with Crippen LogP contribution in [0.15, 0.2) is 6.07 Å². The summed E-state index contributed by atoms with van der Waals surface area (Å²) in [5, 5.41) is 0. The van der Waals surface area contributed by atoms with Crippen molar-refractivity contribution in [1.82, 2.24) is 0 Å². The minimum absolute atomic E-state index is 0.0781. The van der Waals surface area contributed by atoms with Crippen LogP contribution in [0.3, 0.4) is 0 Å². The van der Waals surface area contributed by atoms with Crippen molar-refractivity contribution < 1.29 is 9.47 Å². The van der Waals surface area contributed by atoms with Crippen LogP contribution in [0.1, 0.15) is 36.5 Å². The Morgan fingerprint density at radius 1 is 1.22 bits per heavy atom. The summed E-state index contributed by atoms with van der Waals surface area (Å²) in [6, 6.07) is 2.17. The summed E-state index contributed by atoms with van der Waals surface area (Å²) in [6.45, 7) is 6.24. The van der Waals surface area contributed by atoms with Gasteiger partial charge in [-0.2, -0.15) is 0 Å². The summed E-state index contributed by atoms with van der Waals surface area (Å²) < 4.78 is 11.1. The van der Waals surface area contributed by atoms with Gasteiger partial charge in [0.05, 0.1) is 14.2 Å². The third kappa shape index (κ3) is 1.77. The zero-order valence-electron chi connectivity index (χ0n) is 12.0. The number of hydrogen-bond donors (Lipinski definition) is 1. The van der Waals surface area contributed by atoms with E-state index in [4.69, 9.17) is 15.2 Å². The monoisotopic (exact) mass is 249 g/mol. The van der Waals surface area contributed by atoms with Crippen LogP contribution in [0.5, 0.6) is 11.5 Å². The first-order valence-corrected chi connectivity index (χ1v) is 6.46. The largest absolute Gasteiger partial charge is 0.496 e. The van der Waals surface area contributed by atoms with Crippen molar-refractivity contribution in [3.63, 3.8) is 0 Å². The lowest BCUT2D eigenvalue weighted by molar-refractivity contribution is 0.383. The van der Waals surface area contributed by atoms with Gasteiger partial charge in [-0.15, -0.1) is 0 Å². The standard InChI is InChI=1S/C15H23NO2/c1-9-8-12(17-4)10(2)13(14(9)18-5)15(6-7-15)11(3)16/h8,11H,6-7,16H2,1-5H3. The highest BCUT2D eigenvalue weighted by atomic mass is 16.5. The van der Waals surface area contributed by atoms with Crippen LogP contribution in [0, 0.1) is 13.8 Å². The van der Waals surface area contributed by atoms with Gasteiger partial charge in [0.1, 0.15) is 11.5 Å². The minimum atomic E-state index is 0.0781. The molecule has 1 unspecified atom stereocenters. The second-order valence-electron chi connectivity index (χ2n) is 5.37. The maximum absolute atomic E-state index is 6.20. The van der Waals surface area contributed by atoms with E-state index >= 15 is 0 Å². The van der Waals surface area contributed by atoms with E-state index in [-0.39, 0.29) is 11.5 Å². The van der Waals surface area contributed by atoms with Crippen LogP contribution in [0.25, 0.3) is 0 Å². The summed E-state index contributed by atoms with van der Waals surface area (Å²) in [5.41, 5.74) is 9.80. The van der Waals surface area contributed by atoms with E-state index in [2.05, 4.69) is 20.8 Å². The van der Waals surface area contributed by atoms with Crippen molar-refractivity contribution in [2.75, 3.05) is 14.2 Å². The fraction of sp³-hybridized carbons (Fsp3) is 0.600. The predicted octanol–water partition coefficient (Wildman–Crippen LogP) is 2.70. The molecule has 0 aromatic heterocycles. The Labute approximate surface area is 109 Å². The highest BCUT2D eigenvalue weighted by Crippen LogP contribution is 2.56. The summed E-state index contributed by atoms with van der Waals surface area (Å²) in [6.07, 6.45) is 2.27. The molecular weight excluding hydrogens is 226 g/mol. The molecule has 1 aromatic rings. The SMILES string of the molecule is COc1cc(C)c(OC)c(C2(C(C)N)CC2)c1C. The lowest BCUT2D eigenvalue weighted by atomic mass is 9.84. The number of nitrogens with two attached hydrogens (primary N) is 1. The van der Waals surface area contributed by atoms with Gasteiger partial charge in [-0.1, -0.05) is 0 Å². The Kier molecular flexibility index (Phi) is 3.28. The van der Waals surface area contributed by atoms with Crippen LogP contribution in [0.2, 0.25) is 0 Å². The Hall–Kier alpha value is -1.22. The Morgan fingerprint density at radius 3 is 2.22 bits per heavy atom. The molecule has 3 nitrogen and oxygen atoms in total. The normalized spacial score (nSPS) is 18.3. The predicted molar refractivity (Wildman–Crippen MR) is 73.6 cm³/mol. The highest BCUT2D eigenvalue weighted by Gasteiger charge is 2.50. The second-order valence-corrected chi connectivity index (χ2v) is 5.37. The van der Waals surface area contributed by atoms with Crippen molar-refractivity contribution in [2.45, 2.75) is 45.1 Å². The average Bonchev–Trinajstić information content (AvgIpc) is 3.12. The molecule has 0 spiro atoms. The lowest BCUT2D eigenvalue weighted by Gasteiger charge is -2.27. The Balaban J connectivity index is 2.67. The molecule has 1 aliphatic carbocycles. The highest BCUT2D eigenvalue weighted by molar-refractivity contribution is 5.58. The molecule has 3 heteroatoms. The van der Waals surface area contributed by atoms with E-state index in [0.717, 1.165) is 35.5 Å². The molecule has 0 radical (unpaired) electrons. The number of rotatable bonds is 4. The van der Waals surface area contributed by atoms with Gasteiger partial charge in [-0.3, -0.25) is 0 Å². The molecule has 0 bridgehead atoms. The van der Waals surface area contributed by atoms with E-state index in [9.17, 15) is 0 Å². The molecule has 1 aromatic carbocycles. The molecule has 1 aliphatic rings. The van der Waals surface area contributed by atoms with E-state index in [1.54, 1.807) is 14.2 Å². The molecule has 1 fully saturated rings. The van der Waals surface area contributed by atoms with Crippen molar-refractivity contribution in [3.8, 4) is 11.5 Å². The first kappa shape index (κ1) is 13.2. The Bertz CT molecular complexity index is 462. The quantitative estimate of drug-likeness (QED) is 0.892. The van der Waals surface area contributed by atoms with E-state index in [0.29, 0.717) is 0 Å². The van der Waals surface area contributed by atoms with Crippen molar-refractivity contribution >= 4 is 0 Å². The van der Waals surface area contributed by atoms with Gasteiger partial charge in [0, 0.05) is 17.0 Å². The number of hydrogen-bond acceptors (Lipinski definition) is 3. The summed E-state index contributed by atoms with van der Waals surface area (Å²) >= 11 is 0. The van der Waals surface area contributed by atoms with Crippen LogP contribution in [-0.2, 0) is 5.41 Å². The number of ether oxygens (including phenoxy) is 2. The summed E-state index contributed by atoms with van der Waals surface area (Å²) in [5.74, 6) is 1.90. The molecule has 0 heterocycles. The average molecular weight is 249 g/mol. The molecule has 0 saturated heterocycles. The number of benzene rings is 1. The van der Waals surface area contributed by atoms with Gasteiger partial charge >= 0.3 is 0 Å². The van der Waals surface area contributed by atoms with Gasteiger partial charge in [0.25, 0.3) is 0 Å². The second kappa shape index (κ2) is 4.47. The van der Waals surface area contributed by atoms with Gasteiger partial charge < -0.3 is 15.2 Å². The molecule has 0 aliphatic heterocycles. The molecule has 1 atom stereocenters. The molecule has 2 N–H and O–H groups in total. The van der Waals surface area contributed by atoms with Crippen LogP contribution < -0.4 is 15.2 Å². The van der Waals surface area contributed by atoms with Crippen LogP contribution in [0.4, 0.5) is 0 Å². The van der Waals surface area contributed by atoms with E-state index in [1.807, 2.05) is 6.07 Å². The maximum Gasteiger partial charge on any atom is 0.126 e. The zero-order valence-corrected chi connectivity index (χ0v) is 12.0. The molecule has 0 amide bonds. The van der Waals surface area contributed by atoms with Gasteiger partial charge in [0.15, 0.2) is 0 Å². The molecule has 100 valence electrons.